The number of carbonyl (C=O) groups is 2. The minimum absolute atomic E-state index is 0.0482. The smallest absolute Gasteiger partial charge is 0.338 e. The van der Waals surface area contributed by atoms with Gasteiger partial charge >= 0.3 is 5.97 Å². The number of nitrogens with one attached hydrogen (secondary N) is 1. The van der Waals surface area contributed by atoms with E-state index in [2.05, 4.69) is 5.32 Å². The monoisotopic (exact) mass is 545 g/mol. The molecule has 1 aromatic heterocycles. The quantitative estimate of drug-likeness (QED) is 0.504. The lowest BCUT2D eigenvalue weighted by molar-refractivity contribution is 0.0159. The van der Waals surface area contributed by atoms with Gasteiger partial charge in [-0.25, -0.2) is 13.2 Å². The van der Waals surface area contributed by atoms with Gasteiger partial charge in [-0.2, -0.15) is 5.10 Å². The van der Waals surface area contributed by atoms with Gasteiger partial charge in [0, 0.05) is 43.7 Å². The molecule has 4 rings (SSSR count). The first-order valence-corrected chi connectivity index (χ1v) is 14.9. The van der Waals surface area contributed by atoms with E-state index in [4.69, 9.17) is 14.6 Å². The minimum atomic E-state index is -3.50. The van der Waals surface area contributed by atoms with E-state index in [1.54, 1.807) is 30.7 Å². The number of esters is 1. The number of benzene rings is 1. The van der Waals surface area contributed by atoms with E-state index in [9.17, 15) is 18.0 Å². The van der Waals surface area contributed by atoms with E-state index < -0.39 is 26.5 Å². The Kier molecular flexibility index (Phi) is 8.04. The first-order valence-electron chi connectivity index (χ1n) is 13.3. The van der Waals surface area contributed by atoms with Crippen LogP contribution in [0.5, 0.6) is 0 Å². The summed E-state index contributed by atoms with van der Waals surface area (Å²) in [5, 5.41) is 7.36. The van der Waals surface area contributed by atoms with Gasteiger partial charge < -0.3 is 14.8 Å². The van der Waals surface area contributed by atoms with E-state index in [0.29, 0.717) is 38.4 Å². The fourth-order valence-electron chi connectivity index (χ4n) is 5.23. The topological polar surface area (TPSA) is 117 Å². The van der Waals surface area contributed by atoms with Crippen molar-refractivity contribution in [3.8, 4) is 0 Å². The van der Waals surface area contributed by atoms with Crippen molar-refractivity contribution in [3.63, 3.8) is 0 Å². The molecule has 10 heteroatoms. The highest BCUT2D eigenvalue weighted by Gasteiger charge is 2.40. The number of sulfone groups is 1. The zero-order chi connectivity index (χ0) is 27.7. The highest BCUT2D eigenvalue weighted by molar-refractivity contribution is 7.92. The molecule has 1 N–H and O–H groups in total. The third-order valence-electron chi connectivity index (χ3n) is 7.64. The molecule has 0 unspecified atom stereocenters. The fraction of sp³-hybridized carbons (Fsp3) is 0.607. The van der Waals surface area contributed by atoms with Gasteiger partial charge in [0.15, 0.2) is 9.84 Å². The van der Waals surface area contributed by atoms with Crippen molar-refractivity contribution in [1.82, 2.24) is 15.1 Å². The maximum Gasteiger partial charge on any atom is 0.338 e. The summed E-state index contributed by atoms with van der Waals surface area (Å²) in [6, 6.07) is 5.98. The van der Waals surface area contributed by atoms with Crippen LogP contribution in [-0.2, 0) is 38.7 Å². The van der Waals surface area contributed by atoms with Crippen molar-refractivity contribution in [2.45, 2.75) is 77.0 Å². The number of amides is 1. The zero-order valence-corrected chi connectivity index (χ0v) is 23.8. The molecule has 208 valence electrons. The number of rotatable bonds is 8. The molecule has 1 amide bonds. The van der Waals surface area contributed by atoms with Crippen molar-refractivity contribution >= 4 is 21.7 Å². The van der Waals surface area contributed by atoms with Crippen molar-refractivity contribution in [3.05, 3.63) is 46.8 Å². The summed E-state index contributed by atoms with van der Waals surface area (Å²) in [5.41, 5.74) is 2.15. The Morgan fingerprint density at radius 1 is 1.26 bits per heavy atom. The van der Waals surface area contributed by atoms with Crippen LogP contribution < -0.4 is 5.32 Å². The highest BCUT2D eigenvalue weighted by atomic mass is 32.2. The number of hydrogen-bond donors (Lipinski definition) is 1. The summed E-state index contributed by atoms with van der Waals surface area (Å²) in [7, 11) is -3.50. The van der Waals surface area contributed by atoms with Gasteiger partial charge in [0.1, 0.15) is 5.69 Å². The number of carbonyl (C=O) groups excluding carboxylic acids is 2. The molecule has 2 aromatic rings. The largest absolute Gasteiger partial charge is 0.462 e. The van der Waals surface area contributed by atoms with Crippen LogP contribution >= 0.6 is 0 Å². The van der Waals surface area contributed by atoms with E-state index in [0.717, 1.165) is 30.5 Å². The van der Waals surface area contributed by atoms with E-state index in [1.165, 1.54) is 12.1 Å². The summed E-state index contributed by atoms with van der Waals surface area (Å²) in [5.74, 6) is -0.665. The predicted octanol–water partition coefficient (Wildman–Crippen LogP) is 3.59. The standard InChI is InChI=1S/C28H39N3O6S/c1-6-31-24-22(15-28(17-29-25(24)32)10-12-36-13-11-28)23(30-31)16-27(4,5)18-37-26(33)20-8-7-9-21(14-20)38(34,35)19(2)3/h7-9,14,19H,6,10-13,15-18H2,1-5H3,(H,29,32). The second-order valence-corrected chi connectivity index (χ2v) is 14.1. The van der Waals surface area contributed by atoms with E-state index in [-0.39, 0.29) is 28.4 Å². The molecule has 2 aliphatic rings. The number of aryl methyl sites for hydroxylation is 1. The van der Waals surface area contributed by atoms with Gasteiger partial charge in [-0.1, -0.05) is 19.9 Å². The molecule has 0 saturated carbocycles. The Morgan fingerprint density at radius 3 is 2.63 bits per heavy atom. The molecule has 1 saturated heterocycles. The second-order valence-electron chi connectivity index (χ2n) is 11.6. The number of ether oxygens (including phenoxy) is 2. The normalized spacial score (nSPS) is 17.7. The van der Waals surface area contributed by atoms with Crippen molar-refractivity contribution in [2.24, 2.45) is 10.8 Å². The van der Waals surface area contributed by atoms with Crippen LogP contribution in [0.4, 0.5) is 0 Å². The fourth-order valence-corrected chi connectivity index (χ4v) is 6.33. The lowest BCUT2D eigenvalue weighted by atomic mass is 9.74. The SMILES string of the molecule is CCn1nc(CC(C)(C)COC(=O)c2cccc(S(=O)(=O)C(C)C)c2)c2c1C(=O)NCC1(CCOCC1)C2. The van der Waals surface area contributed by atoms with Crippen molar-refractivity contribution in [1.29, 1.82) is 0 Å². The average Bonchev–Trinajstić information content (AvgIpc) is 3.14. The van der Waals surface area contributed by atoms with E-state index in [1.807, 2.05) is 20.8 Å². The second kappa shape index (κ2) is 10.8. The average molecular weight is 546 g/mol. The molecule has 1 spiro atoms. The summed E-state index contributed by atoms with van der Waals surface area (Å²) >= 11 is 0. The third kappa shape index (κ3) is 5.81. The molecule has 3 heterocycles. The van der Waals surface area contributed by atoms with Gasteiger partial charge in [0.25, 0.3) is 5.91 Å². The Balaban J connectivity index is 1.52. The van der Waals surface area contributed by atoms with Crippen LogP contribution in [0, 0.1) is 10.8 Å². The maximum absolute atomic E-state index is 13.1. The first kappa shape index (κ1) is 28.3. The summed E-state index contributed by atoms with van der Waals surface area (Å²) in [6.07, 6.45) is 3.05. The molecule has 38 heavy (non-hydrogen) atoms. The van der Waals surface area contributed by atoms with Gasteiger partial charge in [0.2, 0.25) is 0 Å². The molecular formula is C28H39N3O6S. The molecule has 0 radical (unpaired) electrons. The van der Waals surface area contributed by atoms with Crippen LogP contribution in [-0.4, -0.2) is 61.7 Å². The van der Waals surface area contributed by atoms with Crippen LogP contribution in [0.1, 0.15) is 79.6 Å². The molecule has 0 aliphatic carbocycles. The Hall–Kier alpha value is -2.72. The summed E-state index contributed by atoms with van der Waals surface area (Å²) < 4.78 is 38.1. The number of aromatic nitrogens is 2. The van der Waals surface area contributed by atoms with Crippen LogP contribution in [0.2, 0.25) is 0 Å². The number of nitrogens with zero attached hydrogens (tertiary/aromatic N) is 2. The van der Waals surface area contributed by atoms with E-state index >= 15 is 0 Å². The number of hydrogen-bond acceptors (Lipinski definition) is 7. The molecular weight excluding hydrogens is 506 g/mol. The van der Waals surface area contributed by atoms with Crippen LogP contribution in [0.25, 0.3) is 0 Å². The van der Waals surface area contributed by atoms with Gasteiger partial charge in [-0.05, 0) is 63.6 Å². The Labute approximate surface area is 225 Å². The molecule has 1 aromatic carbocycles. The minimum Gasteiger partial charge on any atom is -0.462 e. The maximum atomic E-state index is 13.1. The Morgan fingerprint density at radius 2 is 1.97 bits per heavy atom. The van der Waals surface area contributed by atoms with Gasteiger partial charge in [0.05, 0.1) is 28.0 Å². The molecule has 9 nitrogen and oxygen atoms in total. The van der Waals surface area contributed by atoms with Gasteiger partial charge in [-0.15, -0.1) is 0 Å². The van der Waals surface area contributed by atoms with Gasteiger partial charge in [-0.3, -0.25) is 9.48 Å². The first-order chi connectivity index (χ1) is 17.9. The predicted molar refractivity (Wildman–Crippen MR) is 143 cm³/mol. The molecule has 0 atom stereocenters. The summed E-state index contributed by atoms with van der Waals surface area (Å²) in [4.78, 5) is 26.1. The van der Waals surface area contributed by atoms with Crippen molar-refractivity contribution in [2.75, 3.05) is 26.4 Å². The molecule has 0 bridgehead atoms. The van der Waals surface area contributed by atoms with Crippen LogP contribution in [0.15, 0.2) is 29.2 Å². The molecule has 1 fully saturated rings. The number of fused-ring (bicyclic) bond motifs is 1. The zero-order valence-electron chi connectivity index (χ0n) is 23.0. The summed E-state index contributed by atoms with van der Waals surface area (Å²) in [6.45, 7) is 11.9. The molecule has 2 aliphatic heterocycles. The highest BCUT2D eigenvalue weighted by Crippen LogP contribution is 2.39. The lowest BCUT2D eigenvalue weighted by Gasteiger charge is -2.36. The third-order valence-corrected chi connectivity index (χ3v) is 9.79. The lowest BCUT2D eigenvalue weighted by Crippen LogP contribution is -2.40. The van der Waals surface area contributed by atoms with Crippen molar-refractivity contribution < 1.29 is 27.5 Å². The van der Waals surface area contributed by atoms with Crippen LogP contribution in [0.3, 0.4) is 0 Å². The Bertz CT molecular complexity index is 1310.